The molecule has 5 aromatic rings. The first-order valence-corrected chi connectivity index (χ1v) is 22.1. The van der Waals surface area contributed by atoms with Crippen molar-refractivity contribution in [3.8, 4) is 5.75 Å². The van der Waals surface area contributed by atoms with Crippen LogP contribution in [0.25, 0.3) is 22.8 Å². The van der Waals surface area contributed by atoms with Crippen LogP contribution in [0.15, 0.2) is 72.2 Å². The van der Waals surface area contributed by atoms with Crippen LogP contribution in [0.1, 0.15) is 74.2 Å². The summed E-state index contributed by atoms with van der Waals surface area (Å²) < 4.78 is 16.8. The van der Waals surface area contributed by atoms with E-state index in [0.717, 1.165) is 106 Å². The number of methoxy groups -OCH3 is 2. The number of imidazole rings is 1. The zero-order valence-corrected chi connectivity index (χ0v) is 35.4. The molecule has 4 aliphatic heterocycles. The number of likely N-dealkylation sites (tertiary alicyclic amines) is 2. The van der Waals surface area contributed by atoms with Gasteiger partial charge in [0.05, 0.1) is 35.3 Å². The molecule has 0 spiro atoms. The molecule has 3 saturated heterocycles. The number of hydrogen-bond donors (Lipinski definition) is 2. The van der Waals surface area contributed by atoms with Gasteiger partial charge in [-0.1, -0.05) is 10.8 Å². The summed E-state index contributed by atoms with van der Waals surface area (Å²) in [6, 6.07) is 16.4. The summed E-state index contributed by atoms with van der Waals surface area (Å²) in [5.41, 5.74) is 3.15. The van der Waals surface area contributed by atoms with E-state index in [9.17, 15) is 14.4 Å². The number of nitrogens with one attached hydrogen (secondary N) is 2. The molecule has 2 N–H and O–H groups in total. The second kappa shape index (κ2) is 17.0. The minimum absolute atomic E-state index is 0.0700. The normalized spacial score (nSPS) is 23.3. The number of piperidine rings is 2. The standard InChI is InChI=1S/C46H53N11O5/c1-61-40-26-37-32(25-36(40)44(58)49-42-27-47-41-7-4-18-48-57(41)42)29-54(51-37)28-30-8-10-31(11-9-30)45(59)53-21-12-33(13-22-53)52-19-14-34(15-20-52)55-23-16-35-38(55)5-3-6-39(35)56-24-17-43(62-2)50-46(56)60/h3-7,16,18,23,25-31,33-34,43H,8-15,17,19-22,24H2,1-2H3,(H-,48,49,50,58,60)/p+1/b54-28-. The number of anilines is 2. The van der Waals surface area contributed by atoms with E-state index in [-0.39, 0.29) is 24.1 Å². The maximum Gasteiger partial charge on any atom is 0.323 e. The van der Waals surface area contributed by atoms with Crippen molar-refractivity contribution in [2.45, 2.75) is 76.1 Å². The Kier molecular flexibility index (Phi) is 10.9. The van der Waals surface area contributed by atoms with Crippen LogP contribution >= 0.6 is 0 Å². The fourth-order valence-electron chi connectivity index (χ4n) is 10.3. The Hall–Kier alpha value is -6.13. The molecule has 7 heterocycles. The second-order valence-corrected chi connectivity index (χ2v) is 17.2. The number of aromatic nitrogens is 4. The molecule has 1 unspecified atom stereocenters. The predicted molar refractivity (Wildman–Crippen MR) is 234 cm³/mol. The molecule has 1 atom stereocenters. The zero-order chi connectivity index (χ0) is 42.3. The first kappa shape index (κ1) is 40.0. The Labute approximate surface area is 359 Å². The molecule has 16 heteroatoms. The van der Waals surface area contributed by atoms with Crippen molar-refractivity contribution in [2.24, 2.45) is 16.9 Å². The zero-order valence-electron chi connectivity index (χ0n) is 35.4. The van der Waals surface area contributed by atoms with Gasteiger partial charge < -0.3 is 34.5 Å². The van der Waals surface area contributed by atoms with Gasteiger partial charge in [0.15, 0.2) is 17.7 Å². The number of benzene rings is 2. The number of urea groups is 1. The van der Waals surface area contributed by atoms with Gasteiger partial charge in [-0.05, 0) is 87.8 Å². The summed E-state index contributed by atoms with van der Waals surface area (Å²) in [6.45, 7) is 4.38. The molecular formula is C46H54N11O5+. The van der Waals surface area contributed by atoms with Gasteiger partial charge in [-0.15, -0.1) is 0 Å². The monoisotopic (exact) mass is 840 g/mol. The van der Waals surface area contributed by atoms with E-state index in [1.807, 2.05) is 27.9 Å². The van der Waals surface area contributed by atoms with Crippen molar-refractivity contribution in [3.05, 3.63) is 83.3 Å². The molecule has 62 heavy (non-hydrogen) atoms. The van der Waals surface area contributed by atoms with Crippen LogP contribution in [0.4, 0.5) is 16.3 Å². The van der Waals surface area contributed by atoms with Crippen LogP contribution in [0.2, 0.25) is 0 Å². The summed E-state index contributed by atoms with van der Waals surface area (Å²) in [5.74, 6) is 1.27. The van der Waals surface area contributed by atoms with E-state index in [1.165, 1.54) is 5.52 Å². The van der Waals surface area contributed by atoms with Gasteiger partial charge in [-0.2, -0.15) is 9.61 Å². The van der Waals surface area contributed by atoms with Gasteiger partial charge in [-0.25, -0.2) is 9.78 Å². The Bertz CT molecular complexity index is 2670. The minimum atomic E-state index is -0.327. The molecule has 1 aliphatic carbocycles. The van der Waals surface area contributed by atoms with Gasteiger partial charge in [0.2, 0.25) is 12.1 Å². The van der Waals surface area contributed by atoms with Crippen molar-refractivity contribution < 1.29 is 28.5 Å². The summed E-state index contributed by atoms with van der Waals surface area (Å²) in [4.78, 5) is 51.0. The van der Waals surface area contributed by atoms with Crippen LogP contribution in [0.5, 0.6) is 5.75 Å². The van der Waals surface area contributed by atoms with Crippen LogP contribution in [-0.2, 0) is 9.53 Å². The highest BCUT2D eigenvalue weighted by Crippen LogP contribution is 2.35. The lowest BCUT2D eigenvalue weighted by molar-refractivity contribution is -0.424. The highest BCUT2D eigenvalue weighted by atomic mass is 16.5. The number of carbonyl (C=O) groups excluding carboxylic acids is 3. The van der Waals surface area contributed by atoms with Gasteiger partial charge in [0, 0.05) is 99.1 Å². The number of carbonyl (C=O) groups is 3. The summed E-state index contributed by atoms with van der Waals surface area (Å²) >= 11 is 0. The van der Waals surface area contributed by atoms with Gasteiger partial charge in [0.1, 0.15) is 17.3 Å². The number of fused-ring (bicyclic) bond motifs is 3. The lowest BCUT2D eigenvalue weighted by atomic mass is 9.81. The Morgan fingerprint density at radius 2 is 1.71 bits per heavy atom. The van der Waals surface area contributed by atoms with E-state index in [4.69, 9.17) is 14.6 Å². The lowest BCUT2D eigenvalue weighted by Crippen LogP contribution is -2.52. The smallest absolute Gasteiger partial charge is 0.323 e. The van der Waals surface area contributed by atoms with Crippen molar-refractivity contribution in [1.29, 1.82) is 0 Å². The molecule has 4 amide bonds. The average molecular weight is 841 g/mol. The fraction of sp³-hybridized carbons (Fsp3) is 0.457. The number of ether oxygens (including phenoxy) is 2. The van der Waals surface area contributed by atoms with E-state index >= 15 is 0 Å². The number of amides is 4. The molecule has 16 nitrogen and oxygen atoms in total. The molecule has 322 valence electrons. The lowest BCUT2D eigenvalue weighted by Gasteiger charge is -2.43. The third-order valence-electron chi connectivity index (χ3n) is 13.7. The number of hydrogen-bond acceptors (Lipinski definition) is 9. The minimum Gasteiger partial charge on any atom is -0.496 e. The summed E-state index contributed by atoms with van der Waals surface area (Å²) in [6.07, 6.45) is 17.8. The van der Waals surface area contributed by atoms with Crippen LogP contribution < -0.4 is 30.8 Å². The Morgan fingerprint density at radius 3 is 2.48 bits per heavy atom. The number of nitrogens with zero attached hydrogens (tertiary/aromatic N) is 9. The Balaban J connectivity index is 0.698. The van der Waals surface area contributed by atoms with E-state index in [0.29, 0.717) is 53.2 Å². The van der Waals surface area contributed by atoms with Gasteiger partial charge in [-0.3, -0.25) is 14.5 Å². The van der Waals surface area contributed by atoms with Crippen molar-refractivity contribution in [2.75, 3.05) is 57.2 Å². The first-order chi connectivity index (χ1) is 30.3. The van der Waals surface area contributed by atoms with Crippen LogP contribution in [-0.4, -0.2) is 117 Å². The molecule has 10 rings (SSSR count). The molecule has 1 saturated carbocycles. The maximum atomic E-state index is 13.8. The summed E-state index contributed by atoms with van der Waals surface area (Å²) in [7, 11) is 3.17. The topological polar surface area (TPSA) is 154 Å². The molecular weight excluding hydrogens is 787 g/mol. The quantitative estimate of drug-likeness (QED) is 0.208. The molecule has 4 fully saturated rings. The Morgan fingerprint density at radius 1 is 0.903 bits per heavy atom. The SMILES string of the molecule is COc1cc2c(cc1C(=O)Nc1cnc3cccnn13)=C/[N+](=C/C1CCC(C(=O)N3CCC(N4CCC(n5ccc6c(N7CCC(OC)NC7=O)cccc65)CC4)CC3)CC1)N=2. The van der Waals surface area contributed by atoms with E-state index < -0.39 is 0 Å². The third-order valence-corrected chi connectivity index (χ3v) is 13.7. The van der Waals surface area contributed by atoms with Crippen molar-refractivity contribution in [1.82, 2.24) is 34.3 Å². The number of rotatable bonds is 9. The molecule has 2 aromatic carbocycles. The fourth-order valence-corrected chi connectivity index (χ4v) is 10.3. The summed E-state index contributed by atoms with van der Waals surface area (Å²) in [5, 5.41) is 17.6. The highest BCUT2D eigenvalue weighted by Gasteiger charge is 2.35. The van der Waals surface area contributed by atoms with Crippen LogP contribution in [0.3, 0.4) is 0 Å². The van der Waals surface area contributed by atoms with Crippen LogP contribution in [0, 0.1) is 11.8 Å². The highest BCUT2D eigenvalue weighted by molar-refractivity contribution is 6.06. The largest absolute Gasteiger partial charge is 0.496 e. The molecule has 3 aromatic heterocycles. The van der Waals surface area contributed by atoms with E-state index in [2.05, 4.69) is 65.7 Å². The van der Waals surface area contributed by atoms with Gasteiger partial charge >= 0.3 is 6.03 Å². The maximum absolute atomic E-state index is 13.8. The second-order valence-electron chi connectivity index (χ2n) is 17.2. The van der Waals surface area contributed by atoms with Gasteiger partial charge in [0.25, 0.3) is 5.91 Å². The van der Waals surface area contributed by atoms with E-state index in [1.54, 1.807) is 49.3 Å². The third kappa shape index (κ3) is 7.70. The first-order valence-electron chi connectivity index (χ1n) is 22.1. The average Bonchev–Trinajstić information content (AvgIpc) is 4.05. The molecule has 0 bridgehead atoms. The van der Waals surface area contributed by atoms with Crippen molar-refractivity contribution >= 4 is 58.3 Å². The predicted octanol–water partition coefficient (Wildman–Crippen LogP) is 4.34. The van der Waals surface area contributed by atoms with Crippen molar-refractivity contribution in [3.63, 3.8) is 0 Å². The molecule has 5 aliphatic rings. The molecule has 0 radical (unpaired) electrons.